The van der Waals surface area contributed by atoms with Gasteiger partial charge in [-0.2, -0.15) is 11.8 Å². The van der Waals surface area contributed by atoms with Crippen molar-refractivity contribution in [3.8, 4) is 5.75 Å². The second kappa shape index (κ2) is 23.5. The average molecular weight is 877 g/mol. The van der Waals surface area contributed by atoms with Crippen LogP contribution in [0.3, 0.4) is 0 Å². The molecule has 0 radical (unpaired) electrons. The molecular formula is C42H52N8O11S. The number of nitro groups is 1. The molecular weight excluding hydrogens is 825 g/mol. The minimum Gasteiger partial charge on any atom is -0.508 e. The van der Waals surface area contributed by atoms with Gasteiger partial charge in [-0.15, -0.1) is 0 Å². The molecule has 5 atom stereocenters. The monoisotopic (exact) mass is 876 g/mol. The highest BCUT2D eigenvalue weighted by molar-refractivity contribution is 7.98. The fraction of sp³-hybridized carbons (Fsp3) is 0.381. The molecule has 1 heterocycles. The predicted molar refractivity (Wildman–Crippen MR) is 231 cm³/mol. The number of hydrogen-bond donors (Lipinski definition) is 9. The van der Waals surface area contributed by atoms with E-state index < -0.39 is 77.1 Å². The maximum absolute atomic E-state index is 13.8. The van der Waals surface area contributed by atoms with E-state index in [1.807, 2.05) is 6.07 Å². The van der Waals surface area contributed by atoms with Crippen molar-refractivity contribution >= 4 is 63.9 Å². The van der Waals surface area contributed by atoms with Gasteiger partial charge in [0.25, 0.3) is 5.69 Å². The maximum atomic E-state index is 13.8. The number of phenolic OH excluding ortho intramolecular Hbond substituents is 1. The highest BCUT2D eigenvalue weighted by Crippen LogP contribution is 2.28. The molecule has 4 rings (SSSR count). The maximum Gasteiger partial charge on any atom is 0.326 e. The Morgan fingerprint density at radius 2 is 1.40 bits per heavy atom. The van der Waals surface area contributed by atoms with E-state index in [9.17, 15) is 54.2 Å². The van der Waals surface area contributed by atoms with Crippen LogP contribution in [0.1, 0.15) is 48.8 Å². The lowest BCUT2D eigenvalue weighted by molar-refractivity contribution is -0.384. The smallest absolute Gasteiger partial charge is 0.326 e. The van der Waals surface area contributed by atoms with Gasteiger partial charge >= 0.3 is 11.9 Å². The molecule has 11 N–H and O–H groups in total. The van der Waals surface area contributed by atoms with Gasteiger partial charge in [-0.3, -0.25) is 34.1 Å². The number of rotatable bonds is 25. The number of aromatic hydroxyl groups is 1. The average Bonchev–Trinajstić information content (AvgIpc) is 3.58. The summed E-state index contributed by atoms with van der Waals surface area (Å²) in [5.74, 6) is -5.99. The number of nitrogens with zero attached hydrogens (tertiary/aromatic N) is 2. The van der Waals surface area contributed by atoms with Gasteiger partial charge < -0.3 is 52.6 Å². The van der Waals surface area contributed by atoms with Crippen molar-refractivity contribution in [1.82, 2.24) is 25.8 Å². The molecule has 0 aliphatic carbocycles. The number of aromatic nitrogens is 1. The fourth-order valence-electron chi connectivity index (χ4n) is 6.73. The van der Waals surface area contributed by atoms with Gasteiger partial charge in [0, 0.05) is 41.2 Å². The van der Waals surface area contributed by atoms with Crippen molar-refractivity contribution in [3.63, 3.8) is 0 Å². The minimum atomic E-state index is -1.72. The Bertz CT molecular complexity index is 2220. The topological polar surface area (TPSA) is 311 Å². The summed E-state index contributed by atoms with van der Waals surface area (Å²) in [7, 11) is 0. The third kappa shape index (κ3) is 14.0. The Labute approximate surface area is 361 Å². The number of carboxylic acid groups (broad SMARTS) is 2. The van der Waals surface area contributed by atoms with Crippen LogP contribution in [0.4, 0.5) is 5.69 Å². The van der Waals surface area contributed by atoms with E-state index in [2.05, 4.69) is 21.3 Å². The highest BCUT2D eigenvalue weighted by atomic mass is 32.2. The Hall–Kier alpha value is -6.51. The first-order valence-corrected chi connectivity index (χ1v) is 21.2. The molecule has 0 unspecified atom stereocenters. The van der Waals surface area contributed by atoms with E-state index in [0.717, 1.165) is 5.39 Å². The number of hydrogen-bond acceptors (Lipinski definition) is 12. The van der Waals surface area contributed by atoms with E-state index >= 15 is 0 Å². The zero-order valence-corrected chi connectivity index (χ0v) is 34.8. The van der Waals surface area contributed by atoms with Crippen LogP contribution in [0.15, 0.2) is 79.0 Å². The molecule has 0 aliphatic rings. The number of carbonyl (C=O) groups excluding carboxylic acids is 4. The molecule has 0 aliphatic heterocycles. The molecule has 0 spiro atoms. The van der Waals surface area contributed by atoms with Crippen LogP contribution in [-0.2, 0) is 48.2 Å². The van der Waals surface area contributed by atoms with Crippen molar-refractivity contribution in [1.29, 1.82) is 0 Å². The first kappa shape index (κ1) is 48.2. The SMILES string of the molecule is CSCC[C@H](NC(=O)[C@@H](N)Cc1cn(Cc2cc([N+](=O)[O-])ccc2O)c2ccccc12)C(=O)N[C@@H](CC(=O)O)C(=O)N[C@@H](Cc1ccccc1)C(=O)N[C@@H](CCCCN)C(=O)O. The molecule has 0 fully saturated rings. The van der Waals surface area contributed by atoms with Gasteiger partial charge in [-0.1, -0.05) is 48.5 Å². The predicted octanol–water partition coefficient (Wildman–Crippen LogP) is 1.80. The molecule has 0 saturated carbocycles. The molecule has 3 aromatic carbocycles. The van der Waals surface area contributed by atoms with Gasteiger partial charge in [-0.05, 0) is 73.9 Å². The van der Waals surface area contributed by atoms with Crippen LogP contribution in [0.25, 0.3) is 10.9 Å². The summed E-state index contributed by atoms with van der Waals surface area (Å²) in [5.41, 5.74) is 14.0. The number of nitrogens with two attached hydrogens (primary N) is 2. The molecule has 0 bridgehead atoms. The lowest BCUT2D eigenvalue weighted by Gasteiger charge is -2.26. The van der Waals surface area contributed by atoms with E-state index in [1.165, 1.54) is 30.0 Å². The zero-order chi connectivity index (χ0) is 45.3. The number of nitro benzene ring substituents is 1. The Morgan fingerprint density at radius 1 is 0.774 bits per heavy atom. The van der Waals surface area contributed by atoms with Crippen LogP contribution in [0.5, 0.6) is 5.75 Å². The number of non-ortho nitro benzene ring substituents is 1. The summed E-state index contributed by atoms with van der Waals surface area (Å²) in [6, 6.07) is 12.6. The van der Waals surface area contributed by atoms with Crippen molar-refractivity contribution < 1.29 is 49.0 Å². The minimum absolute atomic E-state index is 0.0121. The van der Waals surface area contributed by atoms with Crippen molar-refractivity contribution in [3.05, 3.63) is 106 Å². The molecule has 332 valence electrons. The summed E-state index contributed by atoms with van der Waals surface area (Å²) in [5, 5.41) is 52.1. The standard InChI is InChI=1S/C42H52N8O11S/c1-62-18-16-31(45-38(54)30(44)21-26-23-49(35-13-6-5-11-29(26)35)24-27-20-28(50(60)61)14-15-36(27)51)39(55)48-34(22-37(52)53)41(57)47-33(19-25-9-3-2-4-10-25)40(56)46-32(42(58)59)12-7-8-17-43/h2-6,9-11,13-15,20,23,30-34,51H,7-8,12,16-19,21-22,24,43-44H2,1H3,(H,45,54)(H,46,56)(H,47,57)(H,48,55)(H,52,53)(H,58,59)/t30-,31-,32-,33-,34-/m0/s1. The third-order valence-corrected chi connectivity index (χ3v) is 10.6. The number of amides is 4. The van der Waals surface area contributed by atoms with Crippen molar-refractivity contribution in [2.24, 2.45) is 11.5 Å². The number of aliphatic carboxylic acids is 2. The van der Waals surface area contributed by atoms with E-state index in [1.54, 1.807) is 65.6 Å². The summed E-state index contributed by atoms with van der Waals surface area (Å²) < 4.78 is 1.76. The molecule has 1 aromatic heterocycles. The van der Waals surface area contributed by atoms with E-state index in [4.69, 9.17) is 11.5 Å². The number of phenols is 1. The lowest BCUT2D eigenvalue weighted by Crippen LogP contribution is -2.59. The second-order valence-corrected chi connectivity index (χ2v) is 15.6. The second-order valence-electron chi connectivity index (χ2n) is 14.6. The normalized spacial score (nSPS) is 13.5. The number of nitrogens with one attached hydrogen (secondary N) is 4. The molecule has 4 amide bonds. The van der Waals surface area contributed by atoms with Gasteiger partial charge in [0.15, 0.2) is 0 Å². The van der Waals surface area contributed by atoms with Crippen LogP contribution in [-0.4, -0.2) is 109 Å². The Morgan fingerprint density at radius 3 is 2.06 bits per heavy atom. The van der Waals surface area contributed by atoms with Gasteiger partial charge in [0.05, 0.1) is 23.9 Å². The van der Waals surface area contributed by atoms with Gasteiger partial charge in [0.1, 0.15) is 29.9 Å². The van der Waals surface area contributed by atoms with Crippen LogP contribution in [0, 0.1) is 10.1 Å². The first-order valence-electron chi connectivity index (χ1n) is 19.8. The number of para-hydroxylation sites is 1. The van der Waals surface area contributed by atoms with Gasteiger partial charge in [-0.25, -0.2) is 4.79 Å². The van der Waals surface area contributed by atoms with Crippen LogP contribution < -0.4 is 32.7 Å². The molecule has 0 saturated heterocycles. The largest absolute Gasteiger partial charge is 0.508 e. The first-order chi connectivity index (χ1) is 29.6. The van der Waals surface area contributed by atoms with Crippen molar-refractivity contribution in [2.75, 3.05) is 18.6 Å². The van der Waals surface area contributed by atoms with Gasteiger partial charge in [0.2, 0.25) is 23.6 Å². The fourth-order valence-corrected chi connectivity index (χ4v) is 7.21. The number of carboxylic acids is 2. The van der Waals surface area contributed by atoms with Crippen LogP contribution in [0.2, 0.25) is 0 Å². The molecule has 19 nitrogen and oxygen atoms in total. The third-order valence-electron chi connectivity index (χ3n) is 9.99. The molecule has 20 heteroatoms. The number of benzene rings is 3. The molecule has 4 aromatic rings. The highest BCUT2D eigenvalue weighted by Gasteiger charge is 2.33. The Balaban J connectivity index is 1.51. The summed E-state index contributed by atoms with van der Waals surface area (Å²) >= 11 is 1.37. The summed E-state index contributed by atoms with van der Waals surface area (Å²) in [6.07, 6.45) is 3.57. The lowest BCUT2D eigenvalue weighted by atomic mass is 10.0. The molecule has 62 heavy (non-hydrogen) atoms. The quantitative estimate of drug-likeness (QED) is 0.0261. The van der Waals surface area contributed by atoms with Crippen molar-refractivity contribution in [2.45, 2.75) is 81.7 Å². The summed E-state index contributed by atoms with van der Waals surface area (Å²) in [6.45, 7) is 0.388. The number of thioether (sulfide) groups is 1. The summed E-state index contributed by atoms with van der Waals surface area (Å²) in [4.78, 5) is 89.5. The van der Waals surface area contributed by atoms with E-state index in [-0.39, 0.29) is 43.7 Å². The zero-order valence-electron chi connectivity index (χ0n) is 34.0. The number of unbranched alkanes of at least 4 members (excludes halogenated alkanes) is 1. The Kier molecular flexibility index (Phi) is 18.2. The number of carbonyl (C=O) groups is 6. The van der Waals surface area contributed by atoms with E-state index in [0.29, 0.717) is 47.3 Å². The van der Waals surface area contributed by atoms with Crippen LogP contribution >= 0.6 is 11.8 Å². The number of fused-ring (bicyclic) bond motifs is 1.